The van der Waals surface area contributed by atoms with Crippen molar-refractivity contribution in [2.75, 3.05) is 13.2 Å². The van der Waals surface area contributed by atoms with Crippen LogP contribution in [0.1, 0.15) is 16.1 Å². The van der Waals surface area contributed by atoms with Gasteiger partial charge in [-0.15, -0.1) is 11.3 Å². The largest absolute Gasteiger partial charge is 0.486 e. The lowest BCUT2D eigenvalue weighted by atomic mass is 10.1. The number of carbonyl (C=O) groups excluding carboxylic acids is 1. The molecule has 0 saturated heterocycles. The summed E-state index contributed by atoms with van der Waals surface area (Å²) in [5, 5.41) is 2.88. The van der Waals surface area contributed by atoms with Crippen LogP contribution in [0.3, 0.4) is 0 Å². The van der Waals surface area contributed by atoms with E-state index in [2.05, 4.69) is 4.98 Å². The molecule has 4 nitrogen and oxygen atoms in total. The van der Waals surface area contributed by atoms with Gasteiger partial charge in [-0.25, -0.2) is 4.98 Å². The number of carbonyl (C=O) groups is 1. The number of hydrogen-bond donors (Lipinski definition) is 0. The van der Waals surface area contributed by atoms with Gasteiger partial charge in [0.2, 0.25) is 0 Å². The Labute approximate surface area is 149 Å². The summed E-state index contributed by atoms with van der Waals surface area (Å²) in [6.07, 6.45) is 3.28. The zero-order valence-corrected chi connectivity index (χ0v) is 14.2. The van der Waals surface area contributed by atoms with E-state index < -0.39 is 0 Å². The number of nitrogens with zero attached hydrogens (tertiary/aromatic N) is 1. The number of rotatable bonds is 4. The Morgan fingerprint density at radius 2 is 1.84 bits per heavy atom. The van der Waals surface area contributed by atoms with E-state index in [1.807, 2.05) is 35.7 Å². The van der Waals surface area contributed by atoms with Crippen molar-refractivity contribution >= 4 is 23.2 Å². The molecule has 124 valence electrons. The Balaban J connectivity index is 1.50. The Morgan fingerprint density at radius 1 is 1.04 bits per heavy atom. The van der Waals surface area contributed by atoms with E-state index in [1.165, 1.54) is 6.08 Å². The number of ether oxygens (including phenoxy) is 2. The molecule has 0 unspecified atom stereocenters. The van der Waals surface area contributed by atoms with E-state index >= 15 is 0 Å². The highest BCUT2D eigenvalue weighted by molar-refractivity contribution is 7.13. The fraction of sp³-hybridized carbons (Fsp3) is 0.100. The average Bonchev–Trinajstić information content (AvgIpc) is 3.15. The highest BCUT2D eigenvalue weighted by Gasteiger charge is 2.13. The zero-order chi connectivity index (χ0) is 17.1. The van der Waals surface area contributed by atoms with Crippen molar-refractivity contribution in [1.82, 2.24) is 4.98 Å². The Kier molecular flexibility index (Phi) is 4.31. The molecule has 0 amide bonds. The second-order valence-electron chi connectivity index (χ2n) is 5.50. The van der Waals surface area contributed by atoms with Crippen LogP contribution in [0.2, 0.25) is 0 Å². The average molecular weight is 349 g/mol. The monoisotopic (exact) mass is 349 g/mol. The van der Waals surface area contributed by atoms with Crippen molar-refractivity contribution in [3.05, 3.63) is 71.2 Å². The van der Waals surface area contributed by atoms with Crippen molar-refractivity contribution in [2.45, 2.75) is 0 Å². The van der Waals surface area contributed by atoms with E-state index in [9.17, 15) is 4.79 Å². The van der Waals surface area contributed by atoms with E-state index in [0.717, 1.165) is 16.3 Å². The molecule has 0 fully saturated rings. The highest BCUT2D eigenvalue weighted by atomic mass is 32.1. The first-order valence-corrected chi connectivity index (χ1v) is 8.80. The molecule has 4 rings (SSSR count). The summed E-state index contributed by atoms with van der Waals surface area (Å²) in [7, 11) is 0. The molecule has 3 aromatic rings. The minimum atomic E-state index is -0.0914. The molecule has 1 aliphatic heterocycles. The number of ketones is 1. The molecule has 0 aliphatic carbocycles. The zero-order valence-electron chi connectivity index (χ0n) is 13.3. The molecule has 5 heteroatoms. The SMILES string of the molecule is O=C(/C=C/c1csc(-c2ccccc2)n1)c1ccc2c(c1)OCCO2. The van der Waals surface area contributed by atoms with Gasteiger partial charge < -0.3 is 9.47 Å². The molecular weight excluding hydrogens is 334 g/mol. The first-order chi connectivity index (χ1) is 12.3. The van der Waals surface area contributed by atoms with E-state index in [4.69, 9.17) is 9.47 Å². The molecule has 0 bridgehead atoms. The standard InChI is InChI=1S/C20H15NO3S/c22-17(15-6-9-18-19(12-15)24-11-10-23-18)8-7-16-13-25-20(21-16)14-4-2-1-3-5-14/h1-9,12-13H,10-11H2/b8-7+. The summed E-state index contributed by atoms with van der Waals surface area (Å²) < 4.78 is 11.0. The van der Waals surface area contributed by atoms with Gasteiger partial charge in [-0.2, -0.15) is 0 Å². The van der Waals surface area contributed by atoms with Crippen LogP contribution >= 0.6 is 11.3 Å². The smallest absolute Gasteiger partial charge is 0.186 e. The van der Waals surface area contributed by atoms with Gasteiger partial charge in [0, 0.05) is 16.5 Å². The molecule has 2 aromatic carbocycles. The van der Waals surface area contributed by atoms with Gasteiger partial charge in [0.15, 0.2) is 17.3 Å². The Morgan fingerprint density at radius 3 is 2.68 bits per heavy atom. The number of aromatic nitrogens is 1. The van der Waals surface area contributed by atoms with Gasteiger partial charge >= 0.3 is 0 Å². The van der Waals surface area contributed by atoms with Crippen LogP contribution in [-0.4, -0.2) is 24.0 Å². The van der Waals surface area contributed by atoms with Gasteiger partial charge in [-0.1, -0.05) is 30.3 Å². The van der Waals surface area contributed by atoms with Crippen LogP contribution in [0.25, 0.3) is 16.6 Å². The van der Waals surface area contributed by atoms with Gasteiger partial charge in [-0.05, 0) is 30.4 Å². The number of benzene rings is 2. The van der Waals surface area contributed by atoms with Crippen LogP contribution in [0.15, 0.2) is 60.0 Å². The van der Waals surface area contributed by atoms with Crippen molar-refractivity contribution in [1.29, 1.82) is 0 Å². The van der Waals surface area contributed by atoms with Crippen LogP contribution < -0.4 is 9.47 Å². The molecule has 2 heterocycles. The summed E-state index contributed by atoms with van der Waals surface area (Å²) in [5.41, 5.74) is 2.42. The molecule has 1 aromatic heterocycles. The summed E-state index contributed by atoms with van der Waals surface area (Å²) in [6.45, 7) is 1.04. The van der Waals surface area contributed by atoms with E-state index in [-0.39, 0.29) is 5.78 Å². The minimum Gasteiger partial charge on any atom is -0.486 e. The quantitative estimate of drug-likeness (QED) is 0.515. The molecule has 0 radical (unpaired) electrons. The molecular formula is C20H15NO3S. The van der Waals surface area contributed by atoms with Crippen molar-refractivity contribution < 1.29 is 14.3 Å². The molecule has 0 atom stereocenters. The predicted octanol–water partition coefficient (Wildman–Crippen LogP) is 4.48. The molecule has 0 N–H and O–H groups in total. The number of thiazole rings is 1. The first kappa shape index (κ1) is 15.6. The lowest BCUT2D eigenvalue weighted by molar-refractivity contribution is 0.104. The van der Waals surface area contributed by atoms with Gasteiger partial charge in [-0.3, -0.25) is 4.79 Å². The number of fused-ring (bicyclic) bond motifs is 1. The Bertz CT molecular complexity index is 931. The fourth-order valence-corrected chi connectivity index (χ4v) is 3.32. The summed E-state index contributed by atoms with van der Waals surface area (Å²) in [5.74, 6) is 1.20. The van der Waals surface area contributed by atoms with Crippen LogP contribution in [0.5, 0.6) is 11.5 Å². The normalized spacial score (nSPS) is 13.1. The van der Waals surface area contributed by atoms with Gasteiger partial charge in [0.25, 0.3) is 0 Å². The van der Waals surface area contributed by atoms with E-state index in [0.29, 0.717) is 30.3 Å². The highest BCUT2D eigenvalue weighted by Crippen LogP contribution is 2.31. The molecule has 0 spiro atoms. The maximum atomic E-state index is 12.4. The summed E-state index contributed by atoms with van der Waals surface area (Å²) in [6, 6.07) is 15.2. The maximum absolute atomic E-state index is 12.4. The van der Waals surface area contributed by atoms with Crippen molar-refractivity contribution in [3.8, 4) is 22.1 Å². The predicted molar refractivity (Wildman–Crippen MR) is 98.3 cm³/mol. The number of allylic oxidation sites excluding steroid dienone is 1. The van der Waals surface area contributed by atoms with Crippen LogP contribution in [-0.2, 0) is 0 Å². The second kappa shape index (κ2) is 6.91. The second-order valence-corrected chi connectivity index (χ2v) is 6.36. The topological polar surface area (TPSA) is 48.4 Å². The third kappa shape index (κ3) is 3.46. The lowest BCUT2D eigenvalue weighted by Crippen LogP contribution is -2.15. The van der Waals surface area contributed by atoms with Crippen LogP contribution in [0, 0.1) is 0 Å². The van der Waals surface area contributed by atoms with Gasteiger partial charge in [0.05, 0.1) is 5.69 Å². The van der Waals surface area contributed by atoms with Gasteiger partial charge in [0.1, 0.15) is 18.2 Å². The first-order valence-electron chi connectivity index (χ1n) is 7.92. The third-order valence-corrected chi connectivity index (χ3v) is 4.68. The van der Waals surface area contributed by atoms with Crippen molar-refractivity contribution in [2.24, 2.45) is 0 Å². The molecule has 0 saturated carbocycles. The minimum absolute atomic E-state index is 0.0914. The van der Waals surface area contributed by atoms with Crippen molar-refractivity contribution in [3.63, 3.8) is 0 Å². The summed E-state index contributed by atoms with van der Waals surface area (Å²) in [4.78, 5) is 16.9. The molecule has 25 heavy (non-hydrogen) atoms. The Hall–Kier alpha value is -2.92. The van der Waals surface area contributed by atoms with E-state index in [1.54, 1.807) is 35.6 Å². The third-order valence-electron chi connectivity index (χ3n) is 3.77. The molecule has 1 aliphatic rings. The summed E-state index contributed by atoms with van der Waals surface area (Å²) >= 11 is 1.56. The fourth-order valence-electron chi connectivity index (χ4n) is 2.53. The maximum Gasteiger partial charge on any atom is 0.186 e. The lowest BCUT2D eigenvalue weighted by Gasteiger charge is -2.18. The number of hydrogen-bond acceptors (Lipinski definition) is 5. The van der Waals surface area contributed by atoms with Crippen LogP contribution in [0.4, 0.5) is 0 Å².